The average molecular weight is 284 g/mol. The standard InChI is InChI=1S/C13H20N2O5/c14-10(16)6-18-9-5-20-11-8(4-19-12(9)11)15-13(17)7-2-1-3-7/h7-9,11-12H,1-6H2,(H2,14,16)(H,15,17)/t8-,9+,11+,12+/m0/s1. The Balaban J connectivity index is 1.51. The van der Waals surface area contributed by atoms with Crippen LogP contribution in [0, 0.1) is 5.92 Å². The SMILES string of the molecule is NC(=O)CO[C@@H]1CO[C@H]2[C@@H]1OC[C@@H]2NC(=O)C1CCC1. The van der Waals surface area contributed by atoms with Crippen molar-refractivity contribution in [2.24, 2.45) is 11.7 Å². The number of hydrogen-bond donors (Lipinski definition) is 2. The van der Waals surface area contributed by atoms with Crippen molar-refractivity contribution in [2.75, 3.05) is 19.8 Å². The van der Waals surface area contributed by atoms with Gasteiger partial charge in [0, 0.05) is 5.92 Å². The Bertz CT molecular complexity index is 398. The summed E-state index contributed by atoms with van der Waals surface area (Å²) in [7, 11) is 0. The van der Waals surface area contributed by atoms with Crippen LogP contribution in [0.15, 0.2) is 0 Å². The first-order chi connectivity index (χ1) is 9.65. The van der Waals surface area contributed by atoms with Gasteiger partial charge in [-0.25, -0.2) is 0 Å². The number of rotatable bonds is 5. The number of amides is 2. The zero-order valence-corrected chi connectivity index (χ0v) is 11.2. The minimum absolute atomic E-state index is 0.0932. The lowest BCUT2D eigenvalue weighted by Crippen LogP contribution is -2.47. The molecule has 7 heteroatoms. The summed E-state index contributed by atoms with van der Waals surface area (Å²) in [4.78, 5) is 22.7. The van der Waals surface area contributed by atoms with Crippen molar-refractivity contribution in [2.45, 2.75) is 43.6 Å². The van der Waals surface area contributed by atoms with Crippen LogP contribution in [0.5, 0.6) is 0 Å². The molecular formula is C13H20N2O5. The molecule has 20 heavy (non-hydrogen) atoms. The topological polar surface area (TPSA) is 99.9 Å². The molecule has 0 bridgehead atoms. The lowest BCUT2D eigenvalue weighted by molar-refractivity contribution is -0.129. The Morgan fingerprint density at radius 3 is 2.60 bits per heavy atom. The molecular weight excluding hydrogens is 264 g/mol. The van der Waals surface area contributed by atoms with Gasteiger partial charge in [0.2, 0.25) is 11.8 Å². The summed E-state index contributed by atoms with van der Waals surface area (Å²) in [5.74, 6) is -0.269. The number of nitrogens with one attached hydrogen (secondary N) is 1. The number of carbonyl (C=O) groups excluding carboxylic acids is 2. The van der Waals surface area contributed by atoms with Crippen LogP contribution >= 0.6 is 0 Å². The molecule has 7 nitrogen and oxygen atoms in total. The van der Waals surface area contributed by atoms with Crippen molar-refractivity contribution >= 4 is 11.8 Å². The van der Waals surface area contributed by atoms with Gasteiger partial charge in [-0.05, 0) is 12.8 Å². The third-order valence-corrected chi connectivity index (χ3v) is 4.25. The van der Waals surface area contributed by atoms with E-state index in [2.05, 4.69) is 5.32 Å². The number of ether oxygens (including phenoxy) is 3. The molecule has 0 aromatic heterocycles. The number of fused-ring (bicyclic) bond motifs is 1. The van der Waals surface area contributed by atoms with E-state index in [0.717, 1.165) is 19.3 Å². The first-order valence-electron chi connectivity index (χ1n) is 7.08. The normalized spacial score (nSPS) is 36.4. The van der Waals surface area contributed by atoms with Crippen LogP contribution in [0.25, 0.3) is 0 Å². The van der Waals surface area contributed by atoms with E-state index in [4.69, 9.17) is 19.9 Å². The van der Waals surface area contributed by atoms with Gasteiger partial charge < -0.3 is 25.3 Å². The van der Waals surface area contributed by atoms with Gasteiger partial charge in [0.25, 0.3) is 0 Å². The maximum absolute atomic E-state index is 12.0. The van der Waals surface area contributed by atoms with Crippen molar-refractivity contribution < 1.29 is 23.8 Å². The molecule has 0 aromatic rings. The van der Waals surface area contributed by atoms with Gasteiger partial charge in [0.15, 0.2) is 0 Å². The molecule has 2 saturated heterocycles. The molecule has 0 unspecified atom stereocenters. The summed E-state index contributed by atoms with van der Waals surface area (Å²) in [5, 5.41) is 3.00. The van der Waals surface area contributed by atoms with Crippen molar-refractivity contribution in [3.8, 4) is 0 Å². The Hall–Kier alpha value is -1.18. The van der Waals surface area contributed by atoms with E-state index in [1.54, 1.807) is 0 Å². The van der Waals surface area contributed by atoms with E-state index in [-0.39, 0.29) is 42.8 Å². The summed E-state index contributed by atoms with van der Waals surface area (Å²) in [6.07, 6.45) is 2.35. The minimum Gasteiger partial charge on any atom is -0.370 e. The van der Waals surface area contributed by atoms with Crippen LogP contribution in [0.1, 0.15) is 19.3 Å². The number of nitrogens with two attached hydrogens (primary N) is 1. The number of carbonyl (C=O) groups is 2. The highest BCUT2D eigenvalue weighted by molar-refractivity contribution is 5.79. The van der Waals surface area contributed by atoms with E-state index in [0.29, 0.717) is 13.2 Å². The van der Waals surface area contributed by atoms with Crippen molar-refractivity contribution in [1.29, 1.82) is 0 Å². The Morgan fingerprint density at radius 1 is 1.20 bits per heavy atom. The number of hydrogen-bond acceptors (Lipinski definition) is 5. The second kappa shape index (κ2) is 5.67. The van der Waals surface area contributed by atoms with Crippen molar-refractivity contribution in [1.82, 2.24) is 5.32 Å². The maximum atomic E-state index is 12.0. The predicted octanol–water partition coefficient (Wildman–Crippen LogP) is -1.06. The van der Waals surface area contributed by atoms with Crippen LogP contribution < -0.4 is 11.1 Å². The summed E-state index contributed by atoms with van der Waals surface area (Å²) >= 11 is 0. The highest BCUT2D eigenvalue weighted by Crippen LogP contribution is 2.30. The minimum atomic E-state index is -0.513. The van der Waals surface area contributed by atoms with Gasteiger partial charge in [0.1, 0.15) is 24.9 Å². The highest BCUT2D eigenvalue weighted by Gasteiger charge is 2.49. The zero-order valence-electron chi connectivity index (χ0n) is 11.2. The lowest BCUT2D eigenvalue weighted by Gasteiger charge is -2.27. The average Bonchev–Trinajstić information content (AvgIpc) is 2.87. The third-order valence-electron chi connectivity index (χ3n) is 4.25. The lowest BCUT2D eigenvalue weighted by atomic mass is 9.84. The second-order valence-corrected chi connectivity index (χ2v) is 5.65. The van der Waals surface area contributed by atoms with Crippen molar-refractivity contribution in [3.05, 3.63) is 0 Å². The molecule has 2 amide bonds. The molecule has 1 saturated carbocycles. The molecule has 2 heterocycles. The van der Waals surface area contributed by atoms with E-state index >= 15 is 0 Å². The fourth-order valence-electron chi connectivity index (χ4n) is 2.89. The smallest absolute Gasteiger partial charge is 0.243 e. The molecule has 3 fully saturated rings. The second-order valence-electron chi connectivity index (χ2n) is 5.65. The van der Waals surface area contributed by atoms with Gasteiger partial charge in [-0.3, -0.25) is 9.59 Å². The summed E-state index contributed by atoms with van der Waals surface area (Å²) < 4.78 is 16.7. The predicted molar refractivity (Wildman–Crippen MR) is 67.7 cm³/mol. The largest absolute Gasteiger partial charge is 0.370 e. The highest BCUT2D eigenvalue weighted by atomic mass is 16.6. The third kappa shape index (κ3) is 2.65. The fraction of sp³-hybridized carbons (Fsp3) is 0.846. The first-order valence-corrected chi connectivity index (χ1v) is 7.08. The molecule has 0 radical (unpaired) electrons. The van der Waals surface area contributed by atoms with Crippen LogP contribution in [-0.2, 0) is 23.8 Å². The Morgan fingerprint density at radius 2 is 1.95 bits per heavy atom. The van der Waals surface area contributed by atoms with E-state index in [9.17, 15) is 9.59 Å². The van der Waals surface area contributed by atoms with Gasteiger partial charge >= 0.3 is 0 Å². The summed E-state index contributed by atoms with van der Waals surface area (Å²) in [5.41, 5.74) is 5.05. The van der Waals surface area contributed by atoms with E-state index in [1.807, 2.05) is 0 Å². The Labute approximate surface area is 117 Å². The van der Waals surface area contributed by atoms with E-state index in [1.165, 1.54) is 0 Å². The Kier molecular flexibility index (Phi) is 3.91. The molecule has 112 valence electrons. The van der Waals surface area contributed by atoms with Gasteiger partial charge in [-0.15, -0.1) is 0 Å². The first kappa shape index (κ1) is 13.8. The molecule has 3 aliphatic rings. The van der Waals surface area contributed by atoms with Crippen LogP contribution in [0.4, 0.5) is 0 Å². The van der Waals surface area contributed by atoms with Gasteiger partial charge in [-0.2, -0.15) is 0 Å². The van der Waals surface area contributed by atoms with E-state index < -0.39 is 5.91 Å². The number of primary amides is 1. The molecule has 0 aromatic carbocycles. The maximum Gasteiger partial charge on any atom is 0.243 e. The molecule has 3 N–H and O–H groups in total. The summed E-state index contributed by atoms with van der Waals surface area (Å²) in [6.45, 7) is 0.641. The molecule has 1 aliphatic carbocycles. The zero-order chi connectivity index (χ0) is 14.1. The van der Waals surface area contributed by atoms with Crippen LogP contribution in [-0.4, -0.2) is 56.0 Å². The monoisotopic (exact) mass is 284 g/mol. The van der Waals surface area contributed by atoms with Gasteiger partial charge in [0.05, 0.1) is 19.3 Å². The van der Waals surface area contributed by atoms with Gasteiger partial charge in [-0.1, -0.05) is 6.42 Å². The molecule has 3 rings (SSSR count). The summed E-state index contributed by atoms with van der Waals surface area (Å²) in [6, 6.07) is -0.129. The molecule has 0 spiro atoms. The van der Waals surface area contributed by atoms with Crippen molar-refractivity contribution in [3.63, 3.8) is 0 Å². The quantitative estimate of drug-likeness (QED) is 0.670. The molecule has 2 aliphatic heterocycles. The fourth-order valence-corrected chi connectivity index (χ4v) is 2.89. The molecule has 4 atom stereocenters. The van der Waals surface area contributed by atoms with Crippen LogP contribution in [0.3, 0.4) is 0 Å². The van der Waals surface area contributed by atoms with Crippen LogP contribution in [0.2, 0.25) is 0 Å².